The van der Waals surface area contributed by atoms with Gasteiger partial charge in [0.1, 0.15) is 23.0 Å². The van der Waals surface area contributed by atoms with Crippen molar-refractivity contribution >= 4 is 88.2 Å². The molecule has 0 spiro atoms. The van der Waals surface area contributed by atoms with E-state index in [0.717, 1.165) is 11.5 Å². The van der Waals surface area contributed by atoms with Gasteiger partial charge in [0.05, 0.1) is 26.3 Å². The summed E-state index contributed by atoms with van der Waals surface area (Å²) in [6.07, 6.45) is 0. The maximum absolute atomic E-state index is 8.95. The van der Waals surface area contributed by atoms with Gasteiger partial charge in [0, 0.05) is 10.7 Å². The summed E-state index contributed by atoms with van der Waals surface area (Å²) in [5.41, 5.74) is 3.73. The summed E-state index contributed by atoms with van der Waals surface area (Å²) in [6.45, 7) is 36.7. The Kier molecular flexibility index (Phi) is 22.9. The van der Waals surface area contributed by atoms with E-state index in [4.69, 9.17) is 96.2 Å². The monoisotopic (exact) mass is 838 g/mol. The van der Waals surface area contributed by atoms with E-state index in [9.17, 15) is 0 Å². The average molecular weight is 841 g/mol. The minimum Gasteiger partial charge on any atom is -0.459 e. The molecule has 0 unspecified atom stereocenters. The molecule has 0 atom stereocenters. The molecule has 4 aromatic carbocycles. The number of hydrogen-bond acceptors (Lipinski definition) is 7. The van der Waals surface area contributed by atoms with Crippen molar-refractivity contribution in [1.82, 2.24) is 0 Å². The van der Waals surface area contributed by atoms with E-state index >= 15 is 0 Å². The van der Waals surface area contributed by atoms with Gasteiger partial charge in [0.15, 0.2) is 27.0 Å². The van der Waals surface area contributed by atoms with Crippen LogP contribution in [-0.4, -0.2) is 29.9 Å². The van der Waals surface area contributed by atoms with Crippen LogP contribution < -0.4 is 9.47 Å². The first-order chi connectivity index (χ1) is 24.7. The molecule has 1 N–H and O–H groups in total. The lowest BCUT2D eigenvalue weighted by atomic mass is 10.0. The Morgan fingerprint density at radius 1 is 0.585 bits per heavy atom. The standard InChI is InChI=1S/2C17H14N2O.CHCl3.ClHO3S.O3S/c2*1-12(2)13-6-5-7-14(10-13)20-15-8-9-16(18-3)17(11-15)19-4;2-1(3)4;1-5(2,3)4;1-4(2)3/h2*5-12H,1-2H3;1H;(H,2,3,4);. The van der Waals surface area contributed by atoms with E-state index in [-0.39, 0.29) is 0 Å². The zero-order chi connectivity index (χ0) is 40.7. The number of hydrogen-bond donors (Lipinski definition) is 1. The third-order valence-electron chi connectivity index (χ3n) is 5.90. The van der Waals surface area contributed by atoms with Crippen LogP contribution in [0, 0.1) is 26.3 Å². The second-order valence-electron chi connectivity index (χ2n) is 10.3. The van der Waals surface area contributed by atoms with Gasteiger partial charge in [-0.2, -0.15) is 8.42 Å². The molecule has 53 heavy (non-hydrogen) atoms. The van der Waals surface area contributed by atoms with E-state index in [1.807, 2.05) is 36.4 Å². The molecule has 0 aromatic heterocycles. The van der Waals surface area contributed by atoms with Crippen molar-refractivity contribution in [1.29, 1.82) is 0 Å². The van der Waals surface area contributed by atoms with Gasteiger partial charge in [-0.25, -0.2) is 9.69 Å². The first-order valence-electron chi connectivity index (χ1n) is 14.4. The van der Waals surface area contributed by atoms with Crippen molar-refractivity contribution in [2.45, 2.75) is 43.8 Å². The summed E-state index contributed by atoms with van der Waals surface area (Å²) in [6, 6.07) is 25.6. The molecule has 0 bridgehead atoms. The molecule has 0 fully saturated rings. The molecule has 0 heterocycles. The Morgan fingerprint density at radius 2 is 0.849 bits per heavy atom. The molecular formula is C35H30Cl4N4O8S2. The molecule has 0 aliphatic carbocycles. The highest BCUT2D eigenvalue weighted by molar-refractivity contribution is 8.09. The smallest absolute Gasteiger partial charge is 0.425 e. The van der Waals surface area contributed by atoms with E-state index in [1.165, 1.54) is 11.1 Å². The van der Waals surface area contributed by atoms with Gasteiger partial charge in [0.2, 0.25) is 0 Å². The van der Waals surface area contributed by atoms with E-state index in [1.54, 1.807) is 36.4 Å². The minimum absolute atomic E-state index is 0.317. The van der Waals surface area contributed by atoms with Crippen molar-refractivity contribution in [2.24, 2.45) is 0 Å². The Bertz CT molecular complexity index is 2070. The summed E-state index contributed by atoms with van der Waals surface area (Å²) in [5.74, 6) is 3.49. The molecule has 278 valence electrons. The maximum Gasteiger partial charge on any atom is 0.425 e. The van der Waals surface area contributed by atoms with E-state index in [0.29, 0.717) is 46.1 Å². The molecule has 12 nitrogen and oxygen atoms in total. The highest BCUT2D eigenvalue weighted by Gasteiger charge is 2.08. The normalized spacial score (nSPS) is 9.66. The number of halogens is 4. The predicted molar refractivity (Wildman–Crippen MR) is 208 cm³/mol. The molecular weight excluding hydrogens is 810 g/mol. The fraction of sp³-hybridized carbons (Fsp3) is 0.200. The zero-order valence-corrected chi connectivity index (χ0v) is 32.9. The molecule has 0 amide bonds. The highest BCUT2D eigenvalue weighted by Crippen LogP contribution is 2.35. The van der Waals surface area contributed by atoms with Gasteiger partial charge in [-0.05, 0) is 71.5 Å². The number of benzene rings is 4. The molecule has 0 radical (unpaired) electrons. The largest absolute Gasteiger partial charge is 0.459 e. The van der Waals surface area contributed by atoms with Crippen LogP contribution in [0.3, 0.4) is 0 Å². The van der Waals surface area contributed by atoms with Crippen LogP contribution >= 0.6 is 45.5 Å². The lowest BCUT2D eigenvalue weighted by Crippen LogP contribution is -1.89. The third kappa shape index (κ3) is 22.6. The molecule has 0 aliphatic heterocycles. The van der Waals surface area contributed by atoms with Crippen LogP contribution in [0.4, 0.5) is 22.7 Å². The fourth-order valence-corrected chi connectivity index (χ4v) is 3.65. The van der Waals surface area contributed by atoms with Crippen molar-refractivity contribution in [2.75, 3.05) is 0 Å². The summed E-state index contributed by atoms with van der Waals surface area (Å²) < 4.78 is 61.3. The Labute approximate surface area is 330 Å². The predicted octanol–water partition coefficient (Wildman–Crippen LogP) is 12.4. The quantitative estimate of drug-likeness (QED) is 0.0875. The van der Waals surface area contributed by atoms with Gasteiger partial charge in [0.25, 0.3) is 0 Å². The maximum atomic E-state index is 8.95. The second-order valence-corrected chi connectivity index (χ2v) is 14.7. The number of ether oxygens (including phenoxy) is 2. The van der Waals surface area contributed by atoms with Gasteiger partial charge >= 0.3 is 19.9 Å². The summed E-state index contributed by atoms with van der Waals surface area (Å²) in [5, 5.41) is 0. The first-order valence-corrected chi connectivity index (χ1v) is 19.0. The Balaban J connectivity index is 0.000000769. The van der Waals surface area contributed by atoms with Gasteiger partial charge in [-0.15, -0.1) is 12.6 Å². The number of nitrogens with zero attached hydrogens (tertiary/aromatic N) is 4. The Morgan fingerprint density at radius 3 is 1.09 bits per heavy atom. The minimum atomic E-state index is -4.19. The number of rotatable bonds is 6. The van der Waals surface area contributed by atoms with E-state index < -0.39 is 24.2 Å². The lowest BCUT2D eigenvalue weighted by Gasteiger charge is -2.10. The van der Waals surface area contributed by atoms with Gasteiger partial charge in [-0.3, -0.25) is 14.2 Å². The summed E-state index contributed by atoms with van der Waals surface area (Å²) in [4.78, 5) is 13.3. The second kappa shape index (κ2) is 25.2. The molecule has 0 aliphatic rings. The van der Waals surface area contributed by atoms with Crippen LogP contribution in [-0.2, 0) is 19.9 Å². The SMILES string of the molecule is ClC(Cl)Cl.O=S(=O)(O)Cl.O=S(=O)=O.[C-]#[N+]c1ccc(Oc2cccc(C(C)C)c2)cc1[N+]#[C-].[C-]#[N+]c1ccc(Oc2cccc(C(C)C)c2)cc1[N+]#[C-]. The van der Waals surface area contributed by atoms with Crippen LogP contribution in [0.25, 0.3) is 19.4 Å². The summed E-state index contributed by atoms with van der Waals surface area (Å²) >= 11 is 14.4. The fourth-order valence-electron chi connectivity index (χ4n) is 3.65. The van der Waals surface area contributed by atoms with Gasteiger partial charge in [-0.1, -0.05) is 98.9 Å². The topological polar surface area (TPSA) is 141 Å². The van der Waals surface area contributed by atoms with Crippen molar-refractivity contribution in [3.05, 3.63) is 142 Å². The third-order valence-corrected chi connectivity index (χ3v) is 5.90. The van der Waals surface area contributed by atoms with Crippen molar-refractivity contribution < 1.29 is 35.1 Å². The van der Waals surface area contributed by atoms with Crippen LogP contribution in [0.2, 0.25) is 0 Å². The van der Waals surface area contributed by atoms with Crippen LogP contribution in [0.15, 0.2) is 84.9 Å². The molecule has 18 heteroatoms. The van der Waals surface area contributed by atoms with Crippen LogP contribution in [0.5, 0.6) is 23.0 Å². The zero-order valence-electron chi connectivity index (χ0n) is 28.2. The van der Waals surface area contributed by atoms with Crippen LogP contribution in [0.1, 0.15) is 50.7 Å². The lowest BCUT2D eigenvalue weighted by molar-refractivity contribution is 0.481. The van der Waals surface area contributed by atoms with E-state index in [2.05, 4.69) is 69.9 Å². The first kappa shape index (κ1) is 48.1. The van der Waals surface area contributed by atoms with Gasteiger partial charge < -0.3 is 9.47 Å². The molecule has 0 saturated heterocycles. The van der Waals surface area contributed by atoms with Crippen molar-refractivity contribution in [3.8, 4) is 23.0 Å². The molecule has 4 rings (SSSR count). The highest BCUT2D eigenvalue weighted by atomic mass is 35.7. The average Bonchev–Trinajstić information content (AvgIpc) is 3.07. The Hall–Kier alpha value is -4.87. The summed E-state index contributed by atoms with van der Waals surface area (Å²) in [7, 11) is -3.25. The number of alkyl halides is 3. The van der Waals surface area contributed by atoms with Crippen molar-refractivity contribution in [3.63, 3.8) is 0 Å². The molecule has 0 saturated carbocycles. The molecule has 4 aromatic rings.